The summed E-state index contributed by atoms with van der Waals surface area (Å²) in [5.74, 6) is 0.511. The lowest BCUT2D eigenvalue weighted by molar-refractivity contribution is 0.102. The Morgan fingerprint density at radius 2 is 2.00 bits per heavy atom. The first-order valence-electron chi connectivity index (χ1n) is 9.89. The number of hydrogen-bond acceptors (Lipinski definition) is 5. The predicted molar refractivity (Wildman–Crippen MR) is 127 cm³/mol. The van der Waals surface area contributed by atoms with Gasteiger partial charge in [0, 0.05) is 37.4 Å². The first-order valence-corrected chi connectivity index (χ1v) is 12.5. The van der Waals surface area contributed by atoms with Gasteiger partial charge in [-0.2, -0.15) is 0 Å². The lowest BCUT2D eigenvalue weighted by Gasteiger charge is -2.10. The molecular formula is C23H20BrN3OS2. The van der Waals surface area contributed by atoms with Crippen LogP contribution in [0.4, 0.5) is 0 Å². The van der Waals surface area contributed by atoms with Gasteiger partial charge in [0.1, 0.15) is 16.2 Å². The molecule has 4 nitrogen and oxygen atoms in total. The molecule has 0 bridgehead atoms. The quantitative estimate of drug-likeness (QED) is 0.183. The number of Topliss-reactive ketones (excluding diaryl/α,β-unsaturated/α-hetero) is 1. The van der Waals surface area contributed by atoms with E-state index in [1.807, 2.05) is 32.0 Å². The fourth-order valence-corrected chi connectivity index (χ4v) is 6.72. The van der Waals surface area contributed by atoms with Gasteiger partial charge in [0.15, 0.2) is 5.78 Å². The van der Waals surface area contributed by atoms with Crippen LogP contribution < -0.4 is 0 Å². The largest absolute Gasteiger partial charge is 0.318 e. The molecule has 1 aromatic carbocycles. The van der Waals surface area contributed by atoms with E-state index in [1.54, 1.807) is 17.7 Å². The van der Waals surface area contributed by atoms with E-state index in [-0.39, 0.29) is 5.78 Å². The van der Waals surface area contributed by atoms with Crippen LogP contribution in [0.5, 0.6) is 0 Å². The molecule has 0 unspecified atom stereocenters. The second-order valence-corrected chi connectivity index (χ2v) is 10.5. The summed E-state index contributed by atoms with van der Waals surface area (Å²) < 4.78 is 3.18. The third-order valence-electron chi connectivity index (χ3n) is 5.62. The molecule has 0 N–H and O–H groups in total. The number of carbonyl (C=O) groups is 1. The number of thiophene rings is 1. The van der Waals surface area contributed by atoms with Gasteiger partial charge in [-0.25, -0.2) is 9.97 Å². The minimum absolute atomic E-state index is 0.134. The number of aryl methyl sites for hydroxylation is 3. The van der Waals surface area contributed by atoms with Crippen molar-refractivity contribution in [1.29, 1.82) is 0 Å². The Morgan fingerprint density at radius 3 is 2.80 bits per heavy atom. The van der Waals surface area contributed by atoms with Crippen LogP contribution in [0.3, 0.4) is 0 Å². The van der Waals surface area contributed by atoms with Crippen molar-refractivity contribution in [3.05, 3.63) is 68.5 Å². The van der Waals surface area contributed by atoms with Crippen molar-refractivity contribution >= 4 is 55.0 Å². The minimum atomic E-state index is 0.134. The number of halogens is 1. The first kappa shape index (κ1) is 20.0. The average molecular weight is 498 g/mol. The zero-order chi connectivity index (χ0) is 20.8. The van der Waals surface area contributed by atoms with Crippen molar-refractivity contribution in [1.82, 2.24) is 14.5 Å². The number of thioether (sulfide) groups is 1. The second-order valence-electron chi connectivity index (χ2n) is 7.52. The minimum Gasteiger partial charge on any atom is -0.318 e. The zero-order valence-electron chi connectivity index (χ0n) is 16.7. The Balaban J connectivity index is 1.41. The number of rotatable bonds is 5. The summed E-state index contributed by atoms with van der Waals surface area (Å²) in [6.45, 7) is 4.06. The Labute approximate surface area is 191 Å². The Kier molecular flexibility index (Phi) is 5.29. The standard InChI is InChI=1S/C23H20BrN3OS2/c1-13-10-18(14(2)27(13)16-8-6-15(24)7-9-16)19(28)11-29-22-21-17-4-3-5-20(17)30-23(21)26-12-25-22/h6-10,12H,3-5,11H2,1-2H3. The summed E-state index contributed by atoms with van der Waals surface area (Å²) in [6.07, 6.45) is 5.07. The topological polar surface area (TPSA) is 47.8 Å². The smallest absolute Gasteiger partial charge is 0.174 e. The van der Waals surface area contributed by atoms with Gasteiger partial charge in [-0.15, -0.1) is 11.3 Å². The third kappa shape index (κ3) is 3.43. The highest BCUT2D eigenvalue weighted by Crippen LogP contribution is 2.40. The van der Waals surface area contributed by atoms with Crippen molar-refractivity contribution in [3.8, 4) is 5.69 Å². The summed E-state index contributed by atoms with van der Waals surface area (Å²) in [5, 5.41) is 2.11. The van der Waals surface area contributed by atoms with Crippen molar-refractivity contribution in [2.75, 3.05) is 5.75 Å². The normalized spacial score (nSPS) is 13.2. The number of ketones is 1. The maximum atomic E-state index is 13.1. The summed E-state index contributed by atoms with van der Waals surface area (Å²) >= 11 is 6.80. The molecule has 1 aliphatic rings. The first-order chi connectivity index (χ1) is 14.5. The molecule has 5 rings (SSSR count). The molecule has 0 atom stereocenters. The summed E-state index contributed by atoms with van der Waals surface area (Å²) in [7, 11) is 0. The van der Waals surface area contributed by atoms with Gasteiger partial charge in [-0.3, -0.25) is 4.79 Å². The van der Waals surface area contributed by atoms with E-state index < -0.39 is 0 Å². The molecule has 152 valence electrons. The maximum absolute atomic E-state index is 13.1. The van der Waals surface area contributed by atoms with Crippen LogP contribution in [0, 0.1) is 13.8 Å². The van der Waals surface area contributed by atoms with Crippen LogP contribution in [-0.2, 0) is 12.8 Å². The van der Waals surface area contributed by atoms with E-state index in [0.29, 0.717) is 5.75 Å². The van der Waals surface area contributed by atoms with Crippen LogP contribution in [0.15, 0.2) is 46.2 Å². The highest BCUT2D eigenvalue weighted by atomic mass is 79.9. The van der Waals surface area contributed by atoms with Gasteiger partial charge in [0.25, 0.3) is 0 Å². The molecule has 0 fully saturated rings. The van der Waals surface area contributed by atoms with Crippen LogP contribution in [0.25, 0.3) is 15.9 Å². The molecule has 3 heterocycles. The summed E-state index contributed by atoms with van der Waals surface area (Å²) in [4.78, 5) is 24.6. The average Bonchev–Trinajstić information content (AvgIpc) is 3.40. The number of carbonyl (C=O) groups excluding carboxylic acids is 1. The number of aromatic nitrogens is 3. The van der Waals surface area contributed by atoms with Crippen molar-refractivity contribution in [3.63, 3.8) is 0 Å². The molecule has 4 aromatic rings. The SMILES string of the molecule is Cc1cc(C(=O)CSc2ncnc3sc4c(c23)CCC4)c(C)n1-c1ccc(Br)cc1. The Bertz CT molecular complexity index is 1270. The Morgan fingerprint density at radius 1 is 1.20 bits per heavy atom. The highest BCUT2D eigenvalue weighted by molar-refractivity contribution is 9.10. The van der Waals surface area contributed by atoms with E-state index >= 15 is 0 Å². The molecule has 0 aliphatic heterocycles. The van der Waals surface area contributed by atoms with Gasteiger partial charge in [0.2, 0.25) is 0 Å². The van der Waals surface area contributed by atoms with Gasteiger partial charge < -0.3 is 4.57 Å². The molecule has 0 radical (unpaired) electrons. The van der Waals surface area contributed by atoms with Crippen LogP contribution >= 0.6 is 39.0 Å². The van der Waals surface area contributed by atoms with Crippen LogP contribution in [0.1, 0.15) is 38.6 Å². The van der Waals surface area contributed by atoms with Gasteiger partial charge >= 0.3 is 0 Å². The lowest BCUT2D eigenvalue weighted by Crippen LogP contribution is -2.06. The molecule has 3 aromatic heterocycles. The fourth-order valence-electron chi connectivity index (χ4n) is 4.25. The van der Waals surface area contributed by atoms with Gasteiger partial charge in [-0.05, 0) is 69.0 Å². The second kappa shape index (κ2) is 7.94. The molecule has 1 aliphatic carbocycles. The van der Waals surface area contributed by atoms with Gasteiger partial charge in [0.05, 0.1) is 5.75 Å². The number of nitrogens with zero attached hydrogens (tertiary/aromatic N) is 3. The molecule has 0 saturated heterocycles. The van der Waals surface area contributed by atoms with Crippen LogP contribution in [-0.4, -0.2) is 26.1 Å². The maximum Gasteiger partial charge on any atom is 0.174 e. The number of hydrogen-bond donors (Lipinski definition) is 0. The molecule has 0 spiro atoms. The van der Waals surface area contributed by atoms with Crippen molar-refractivity contribution in [2.45, 2.75) is 38.1 Å². The zero-order valence-corrected chi connectivity index (χ0v) is 20.0. The van der Waals surface area contributed by atoms with E-state index in [2.05, 4.69) is 42.6 Å². The lowest BCUT2D eigenvalue weighted by atomic mass is 10.2. The van der Waals surface area contributed by atoms with E-state index in [1.165, 1.54) is 34.0 Å². The molecule has 0 saturated carbocycles. The van der Waals surface area contributed by atoms with E-state index in [4.69, 9.17) is 0 Å². The van der Waals surface area contributed by atoms with E-state index in [0.717, 1.165) is 49.8 Å². The van der Waals surface area contributed by atoms with Crippen molar-refractivity contribution in [2.24, 2.45) is 0 Å². The van der Waals surface area contributed by atoms with Gasteiger partial charge in [-0.1, -0.05) is 27.7 Å². The monoisotopic (exact) mass is 497 g/mol. The summed E-state index contributed by atoms with van der Waals surface area (Å²) in [5.41, 5.74) is 5.28. The number of benzene rings is 1. The van der Waals surface area contributed by atoms with Crippen molar-refractivity contribution < 1.29 is 4.79 Å². The predicted octanol–water partition coefficient (Wildman–Crippen LogP) is 6.33. The molecular weight excluding hydrogens is 478 g/mol. The molecule has 0 amide bonds. The molecule has 7 heteroatoms. The highest BCUT2D eigenvalue weighted by Gasteiger charge is 2.22. The van der Waals surface area contributed by atoms with Crippen LogP contribution in [0.2, 0.25) is 0 Å². The fraction of sp³-hybridized carbons (Fsp3) is 0.261. The Hall–Kier alpha value is -1.96. The summed E-state index contributed by atoms with van der Waals surface area (Å²) in [6, 6.07) is 10.2. The molecule has 30 heavy (non-hydrogen) atoms. The number of fused-ring (bicyclic) bond motifs is 3. The third-order valence-corrected chi connectivity index (χ3v) is 8.34. The van der Waals surface area contributed by atoms with E-state index in [9.17, 15) is 4.79 Å².